The molecule has 0 bridgehead atoms. The van der Waals surface area contributed by atoms with Gasteiger partial charge in [0, 0.05) is 43.3 Å². The van der Waals surface area contributed by atoms with Crippen LogP contribution in [0.3, 0.4) is 0 Å². The van der Waals surface area contributed by atoms with Crippen molar-refractivity contribution in [1.82, 2.24) is 0 Å². The molecule has 6 aromatic rings. The third kappa shape index (κ3) is 6.97. The maximum absolute atomic E-state index is 2.82. The van der Waals surface area contributed by atoms with Crippen LogP contribution in [0.2, 0.25) is 0 Å². The fourth-order valence-corrected chi connectivity index (χ4v) is 15.2. The van der Waals surface area contributed by atoms with Gasteiger partial charge in [-0.1, -0.05) is 149 Å². The highest BCUT2D eigenvalue weighted by molar-refractivity contribution is 7.33. The smallest absolute Gasteiger partial charge is 0.264 e. The Labute approximate surface area is 428 Å². The second kappa shape index (κ2) is 14.7. The van der Waals surface area contributed by atoms with E-state index in [9.17, 15) is 0 Å². The number of fused-ring (bicyclic) bond motifs is 9. The lowest BCUT2D eigenvalue weighted by Gasteiger charge is -2.48. The maximum Gasteiger partial charge on any atom is 0.264 e. The zero-order valence-electron chi connectivity index (χ0n) is 47.0. The number of benzene rings is 5. The molecule has 366 valence electrons. The maximum atomic E-state index is 2.82. The molecule has 5 aliphatic rings. The summed E-state index contributed by atoms with van der Waals surface area (Å²) in [7, 11) is 0. The molecule has 5 aromatic carbocycles. The SMILES string of the molecule is Cc1cc(C(C)(C)C)ccc1N1c2cc3c(cc2B2c4sc5cc6c(cc5c4N(c4cc5c(cc4C)C(C)(C)CCC5(C)C)c4cc(C(C)(C)C)cc1c42)C(C)(C)CCC6(C)C)C(C)(C)CCC3(C)C. The molecule has 0 N–H and O–H groups in total. The van der Waals surface area contributed by atoms with Gasteiger partial charge >= 0.3 is 0 Å². The van der Waals surface area contributed by atoms with E-state index < -0.39 is 0 Å². The molecule has 0 fully saturated rings. The van der Waals surface area contributed by atoms with Crippen LogP contribution < -0.4 is 25.5 Å². The Hall–Kier alpha value is -4.28. The van der Waals surface area contributed by atoms with Gasteiger partial charge in [0.1, 0.15) is 0 Å². The van der Waals surface area contributed by atoms with Crippen LogP contribution in [0.25, 0.3) is 10.1 Å². The summed E-state index contributed by atoms with van der Waals surface area (Å²) in [6.07, 6.45) is 7.17. The largest absolute Gasteiger partial charge is 0.311 e. The molecule has 0 unspecified atom stereocenters. The fourth-order valence-electron chi connectivity index (χ4n) is 13.9. The van der Waals surface area contributed by atoms with Crippen LogP contribution in [0.4, 0.5) is 34.1 Å². The summed E-state index contributed by atoms with van der Waals surface area (Å²) < 4.78 is 2.93. The molecular weight excluding hydrogens is 864 g/mol. The number of hydrogen-bond donors (Lipinski definition) is 0. The number of thiophene rings is 1. The van der Waals surface area contributed by atoms with Gasteiger partial charge in [0.2, 0.25) is 0 Å². The van der Waals surface area contributed by atoms with Gasteiger partial charge in [-0.05, 0) is 205 Å². The number of nitrogens with zero attached hydrogens (tertiary/aromatic N) is 2. The average molecular weight is 947 g/mol. The van der Waals surface area contributed by atoms with E-state index in [1.165, 1.54) is 143 Å². The van der Waals surface area contributed by atoms with Crippen molar-refractivity contribution in [2.24, 2.45) is 0 Å². The number of hydrogen-bond acceptors (Lipinski definition) is 3. The monoisotopic (exact) mass is 947 g/mol. The van der Waals surface area contributed by atoms with E-state index in [0.29, 0.717) is 0 Å². The van der Waals surface area contributed by atoms with Gasteiger partial charge in [0.15, 0.2) is 0 Å². The van der Waals surface area contributed by atoms with Crippen LogP contribution in [0.5, 0.6) is 0 Å². The molecule has 4 heteroatoms. The predicted molar refractivity (Wildman–Crippen MR) is 309 cm³/mol. The topological polar surface area (TPSA) is 6.48 Å². The Kier molecular flexibility index (Phi) is 10.1. The highest BCUT2D eigenvalue weighted by atomic mass is 32.1. The molecular formula is C66H83BN2S. The van der Waals surface area contributed by atoms with E-state index in [1.54, 1.807) is 11.1 Å². The first-order valence-corrected chi connectivity index (χ1v) is 27.9. The molecule has 0 saturated heterocycles. The lowest BCUT2D eigenvalue weighted by Crippen LogP contribution is -2.61. The number of anilines is 6. The molecule has 0 radical (unpaired) electrons. The van der Waals surface area contributed by atoms with Gasteiger partial charge in [-0.15, -0.1) is 11.3 Å². The van der Waals surface area contributed by atoms with Gasteiger partial charge < -0.3 is 9.80 Å². The van der Waals surface area contributed by atoms with Crippen molar-refractivity contribution < 1.29 is 0 Å². The Morgan fingerprint density at radius 2 is 0.857 bits per heavy atom. The first kappa shape index (κ1) is 48.0. The normalized spacial score (nSPS) is 20.8. The lowest BCUT2D eigenvalue weighted by molar-refractivity contribution is 0.332. The summed E-state index contributed by atoms with van der Waals surface area (Å²) in [5.41, 5.74) is 26.1. The fraction of sp³-hybridized carbons (Fsp3) is 0.515. The Balaban J connectivity index is 1.33. The van der Waals surface area contributed by atoms with Crippen molar-refractivity contribution >= 4 is 78.0 Å². The highest BCUT2D eigenvalue weighted by Gasteiger charge is 2.50. The standard InChI is InChI=1S/C66H83BN2S/c1-38-29-40(59(3,4)5)21-22-50(38)68-52-36-47-45(63(13,14)25-27-65(47,17)18)34-49(52)67-56-53(68)31-41(60(6,7)8)32-54(56)69(51-35-46-43(30-39(51)2)61(9,10)23-26-64(46,15)16)57-42-33-44-48(37-55(42)70-58(57)67)66(19,20)28-24-62(44,11)12/h21-22,29-37H,23-28H2,1-20H3. The Morgan fingerprint density at radius 1 is 0.429 bits per heavy atom. The number of aryl methyl sites for hydroxylation is 2. The Morgan fingerprint density at radius 3 is 1.36 bits per heavy atom. The van der Waals surface area contributed by atoms with Crippen molar-refractivity contribution in [3.63, 3.8) is 0 Å². The van der Waals surface area contributed by atoms with Crippen LogP contribution in [0.15, 0.2) is 66.7 Å². The second-order valence-electron chi connectivity index (χ2n) is 29.2. The van der Waals surface area contributed by atoms with Gasteiger partial charge in [0.25, 0.3) is 6.71 Å². The van der Waals surface area contributed by atoms with E-state index in [2.05, 4.69) is 226 Å². The van der Waals surface area contributed by atoms with Crippen LogP contribution in [0, 0.1) is 13.8 Å². The molecule has 1 aromatic heterocycles. The van der Waals surface area contributed by atoms with Gasteiger partial charge in [-0.2, -0.15) is 0 Å². The quantitative estimate of drug-likeness (QED) is 0.159. The molecule has 2 nitrogen and oxygen atoms in total. The first-order valence-electron chi connectivity index (χ1n) is 27.1. The van der Waals surface area contributed by atoms with Crippen LogP contribution >= 0.6 is 11.3 Å². The molecule has 3 aliphatic carbocycles. The van der Waals surface area contributed by atoms with E-state index in [-0.39, 0.29) is 50.0 Å². The van der Waals surface area contributed by atoms with Crippen LogP contribution in [0.1, 0.15) is 219 Å². The van der Waals surface area contributed by atoms with E-state index >= 15 is 0 Å². The lowest BCUT2D eigenvalue weighted by atomic mass is 9.35. The molecule has 3 heterocycles. The van der Waals surface area contributed by atoms with Crippen LogP contribution in [-0.2, 0) is 43.3 Å². The molecule has 70 heavy (non-hydrogen) atoms. The predicted octanol–water partition coefficient (Wildman–Crippen LogP) is 17.2. The summed E-state index contributed by atoms with van der Waals surface area (Å²) >= 11 is 2.10. The molecule has 0 amide bonds. The second-order valence-corrected chi connectivity index (χ2v) is 30.3. The Bertz CT molecular complexity index is 3220. The van der Waals surface area contributed by atoms with Crippen molar-refractivity contribution in [2.75, 3.05) is 9.80 Å². The van der Waals surface area contributed by atoms with Gasteiger partial charge in [-0.3, -0.25) is 0 Å². The molecule has 0 spiro atoms. The summed E-state index contributed by atoms with van der Waals surface area (Å²) in [6, 6.07) is 28.7. The summed E-state index contributed by atoms with van der Waals surface area (Å²) in [5.74, 6) is 0. The zero-order chi connectivity index (χ0) is 50.6. The minimum atomic E-state index is -0.103. The average Bonchev–Trinajstić information content (AvgIpc) is 3.63. The molecule has 11 rings (SSSR count). The first-order chi connectivity index (χ1) is 32.2. The third-order valence-corrected chi connectivity index (χ3v) is 20.4. The van der Waals surface area contributed by atoms with Crippen molar-refractivity contribution in [2.45, 2.75) is 220 Å². The van der Waals surface area contributed by atoms with E-state index in [4.69, 9.17) is 0 Å². The van der Waals surface area contributed by atoms with Crippen molar-refractivity contribution in [1.29, 1.82) is 0 Å². The van der Waals surface area contributed by atoms with Gasteiger partial charge in [-0.25, -0.2) is 0 Å². The third-order valence-electron chi connectivity index (χ3n) is 19.2. The van der Waals surface area contributed by atoms with Crippen molar-refractivity contribution in [3.8, 4) is 0 Å². The van der Waals surface area contributed by atoms with Gasteiger partial charge in [0.05, 0.1) is 5.69 Å². The summed E-state index contributed by atoms with van der Waals surface area (Å²) in [6.45, 7) is 49.2. The summed E-state index contributed by atoms with van der Waals surface area (Å²) in [5, 5.41) is 1.42. The van der Waals surface area contributed by atoms with Crippen LogP contribution in [-0.4, -0.2) is 6.71 Å². The van der Waals surface area contributed by atoms with Crippen molar-refractivity contribution in [3.05, 3.63) is 122 Å². The minimum Gasteiger partial charge on any atom is -0.311 e. The van der Waals surface area contributed by atoms with E-state index in [0.717, 1.165) is 0 Å². The number of rotatable bonds is 2. The zero-order valence-corrected chi connectivity index (χ0v) is 47.8. The van der Waals surface area contributed by atoms with E-state index in [1.807, 2.05) is 0 Å². The molecule has 0 saturated carbocycles. The summed E-state index contributed by atoms with van der Waals surface area (Å²) in [4.78, 5) is 5.56. The molecule has 0 atom stereocenters. The molecule has 2 aliphatic heterocycles. The minimum absolute atomic E-state index is 0.0480. The highest BCUT2D eigenvalue weighted by Crippen LogP contribution is 2.57.